The average Bonchev–Trinajstić information content (AvgIpc) is 2.60. The Hall–Kier alpha value is -2.48. The minimum absolute atomic E-state index is 0.0912. The third-order valence-electron chi connectivity index (χ3n) is 3.59. The Morgan fingerprint density at radius 1 is 1.21 bits per heavy atom. The minimum Gasteiger partial charge on any atom is -0.493 e. The highest BCUT2D eigenvalue weighted by atomic mass is 35.5. The second-order valence-electron chi connectivity index (χ2n) is 7.43. The number of rotatable bonds is 8. The highest BCUT2D eigenvalue weighted by molar-refractivity contribution is 6.32. The molecule has 1 aromatic rings. The molecule has 1 aromatic carbocycles. The fraction of sp³-hybridized carbons (Fsp3) is 0.550. The van der Waals surface area contributed by atoms with Crippen molar-refractivity contribution in [3.8, 4) is 11.5 Å². The zero-order valence-corrected chi connectivity index (χ0v) is 18.4. The van der Waals surface area contributed by atoms with Gasteiger partial charge < -0.3 is 19.5 Å². The van der Waals surface area contributed by atoms with E-state index in [4.69, 9.17) is 25.8 Å². The summed E-state index contributed by atoms with van der Waals surface area (Å²) in [6.07, 6.45) is 0.606. The number of ether oxygens (including phenoxy) is 3. The van der Waals surface area contributed by atoms with Crippen LogP contribution in [-0.2, 0) is 9.53 Å². The van der Waals surface area contributed by atoms with E-state index in [9.17, 15) is 14.4 Å². The van der Waals surface area contributed by atoms with Crippen LogP contribution in [0.1, 0.15) is 57.8 Å². The Labute approximate surface area is 176 Å². The van der Waals surface area contributed by atoms with Crippen molar-refractivity contribution in [2.45, 2.75) is 59.1 Å². The van der Waals surface area contributed by atoms with Crippen LogP contribution in [0.2, 0.25) is 5.02 Å². The third kappa shape index (κ3) is 8.19. The first-order chi connectivity index (χ1) is 13.5. The molecule has 0 spiro atoms. The van der Waals surface area contributed by atoms with E-state index in [0.717, 1.165) is 12.8 Å². The maximum atomic E-state index is 12.4. The number of benzene rings is 1. The summed E-state index contributed by atoms with van der Waals surface area (Å²) in [7, 11) is 1.43. The van der Waals surface area contributed by atoms with Crippen LogP contribution in [0.3, 0.4) is 0 Å². The molecule has 29 heavy (non-hydrogen) atoms. The second kappa shape index (κ2) is 10.9. The SMILES string of the molecule is CCCCOc1c(Cl)cc(C(=O)O[C@@H](C)C(=O)NC(=O)NC(C)(C)C)cc1OC. The molecule has 0 aliphatic rings. The van der Waals surface area contributed by atoms with Crippen LogP contribution in [0.15, 0.2) is 12.1 Å². The molecule has 2 N–H and O–H groups in total. The van der Waals surface area contributed by atoms with Crippen LogP contribution >= 0.6 is 11.6 Å². The highest BCUT2D eigenvalue weighted by Gasteiger charge is 2.24. The maximum Gasteiger partial charge on any atom is 0.339 e. The first-order valence-corrected chi connectivity index (χ1v) is 9.70. The van der Waals surface area contributed by atoms with E-state index < -0.39 is 29.6 Å². The van der Waals surface area contributed by atoms with Crippen LogP contribution in [-0.4, -0.2) is 43.3 Å². The van der Waals surface area contributed by atoms with Gasteiger partial charge in [0.05, 0.1) is 24.3 Å². The fourth-order valence-corrected chi connectivity index (χ4v) is 2.43. The molecule has 3 amide bonds. The number of carbonyl (C=O) groups excluding carboxylic acids is 3. The number of amides is 3. The Morgan fingerprint density at radius 2 is 1.86 bits per heavy atom. The van der Waals surface area contributed by atoms with Crippen LogP contribution in [0.4, 0.5) is 4.79 Å². The fourth-order valence-electron chi connectivity index (χ4n) is 2.16. The molecule has 0 fully saturated rings. The molecule has 0 bridgehead atoms. The molecule has 0 radical (unpaired) electrons. The van der Waals surface area contributed by atoms with Crippen molar-refractivity contribution in [3.05, 3.63) is 22.7 Å². The Morgan fingerprint density at radius 3 is 2.41 bits per heavy atom. The number of methoxy groups -OCH3 is 1. The van der Waals surface area contributed by atoms with Crippen molar-refractivity contribution in [2.75, 3.05) is 13.7 Å². The smallest absolute Gasteiger partial charge is 0.339 e. The average molecular weight is 429 g/mol. The number of carbonyl (C=O) groups is 3. The molecular formula is C20H29ClN2O6. The topological polar surface area (TPSA) is 103 Å². The lowest BCUT2D eigenvalue weighted by molar-refractivity contribution is -0.127. The van der Waals surface area contributed by atoms with Gasteiger partial charge >= 0.3 is 12.0 Å². The van der Waals surface area contributed by atoms with Gasteiger partial charge in [0, 0.05) is 5.54 Å². The summed E-state index contributed by atoms with van der Waals surface area (Å²) >= 11 is 6.22. The predicted molar refractivity (Wildman–Crippen MR) is 110 cm³/mol. The lowest BCUT2D eigenvalue weighted by atomic mass is 10.1. The molecule has 0 unspecified atom stereocenters. The monoisotopic (exact) mass is 428 g/mol. The largest absolute Gasteiger partial charge is 0.493 e. The van der Waals surface area contributed by atoms with Gasteiger partial charge in [0.25, 0.3) is 5.91 Å². The summed E-state index contributed by atoms with van der Waals surface area (Å²) in [5.74, 6) is -0.923. The van der Waals surface area contributed by atoms with Crippen LogP contribution in [0.25, 0.3) is 0 Å². The lowest BCUT2D eigenvalue weighted by Gasteiger charge is -2.21. The number of unbranched alkanes of at least 4 members (excludes halogenated alkanes) is 1. The van der Waals surface area contributed by atoms with Gasteiger partial charge in [-0.15, -0.1) is 0 Å². The van der Waals surface area contributed by atoms with E-state index in [-0.39, 0.29) is 16.3 Å². The van der Waals surface area contributed by atoms with Gasteiger partial charge in [-0.3, -0.25) is 10.1 Å². The molecule has 9 heteroatoms. The molecule has 0 aliphatic heterocycles. The van der Waals surface area contributed by atoms with E-state index >= 15 is 0 Å². The molecule has 0 saturated heterocycles. The summed E-state index contributed by atoms with van der Waals surface area (Å²) < 4.78 is 16.0. The van der Waals surface area contributed by atoms with Crippen molar-refractivity contribution >= 4 is 29.5 Å². The normalized spacial score (nSPS) is 12.0. The van der Waals surface area contributed by atoms with Gasteiger partial charge in [-0.1, -0.05) is 24.9 Å². The van der Waals surface area contributed by atoms with Gasteiger partial charge in [0.15, 0.2) is 17.6 Å². The number of hydrogen-bond donors (Lipinski definition) is 2. The van der Waals surface area contributed by atoms with Crippen molar-refractivity contribution in [1.82, 2.24) is 10.6 Å². The van der Waals surface area contributed by atoms with Gasteiger partial charge in [-0.2, -0.15) is 0 Å². The highest BCUT2D eigenvalue weighted by Crippen LogP contribution is 2.36. The van der Waals surface area contributed by atoms with E-state index in [1.165, 1.54) is 26.2 Å². The summed E-state index contributed by atoms with van der Waals surface area (Å²) in [6, 6.07) is 2.13. The molecule has 162 valence electrons. The second-order valence-corrected chi connectivity index (χ2v) is 7.84. The molecule has 0 saturated carbocycles. The summed E-state index contributed by atoms with van der Waals surface area (Å²) in [6.45, 7) is 9.17. The van der Waals surface area contributed by atoms with E-state index in [1.807, 2.05) is 6.92 Å². The Kier molecular flexibility index (Phi) is 9.23. The Bertz CT molecular complexity index is 745. The molecular weight excluding hydrogens is 400 g/mol. The summed E-state index contributed by atoms with van der Waals surface area (Å²) in [4.78, 5) is 36.3. The Balaban J connectivity index is 2.81. The van der Waals surface area contributed by atoms with Gasteiger partial charge in [-0.25, -0.2) is 9.59 Å². The van der Waals surface area contributed by atoms with Crippen molar-refractivity contribution in [2.24, 2.45) is 0 Å². The zero-order chi connectivity index (χ0) is 22.2. The number of imide groups is 1. The molecule has 0 heterocycles. The first-order valence-electron chi connectivity index (χ1n) is 9.32. The van der Waals surface area contributed by atoms with Gasteiger partial charge in [-0.05, 0) is 46.2 Å². The first kappa shape index (κ1) is 24.6. The number of esters is 1. The van der Waals surface area contributed by atoms with E-state index in [1.54, 1.807) is 20.8 Å². The minimum atomic E-state index is -1.20. The molecule has 1 rings (SSSR count). The van der Waals surface area contributed by atoms with Crippen LogP contribution in [0, 0.1) is 0 Å². The van der Waals surface area contributed by atoms with E-state index in [0.29, 0.717) is 12.4 Å². The molecule has 0 aromatic heterocycles. The molecule has 0 aliphatic carbocycles. The number of hydrogen-bond acceptors (Lipinski definition) is 6. The summed E-state index contributed by atoms with van der Waals surface area (Å²) in [5, 5.41) is 4.90. The van der Waals surface area contributed by atoms with Crippen molar-refractivity contribution in [3.63, 3.8) is 0 Å². The molecule has 8 nitrogen and oxygen atoms in total. The molecule has 1 atom stereocenters. The zero-order valence-electron chi connectivity index (χ0n) is 17.7. The van der Waals surface area contributed by atoms with Crippen LogP contribution < -0.4 is 20.1 Å². The van der Waals surface area contributed by atoms with Gasteiger partial charge in [0.2, 0.25) is 0 Å². The third-order valence-corrected chi connectivity index (χ3v) is 3.87. The number of halogens is 1. The maximum absolute atomic E-state index is 12.4. The quantitative estimate of drug-likeness (QED) is 0.483. The van der Waals surface area contributed by atoms with Crippen molar-refractivity contribution in [1.29, 1.82) is 0 Å². The summed E-state index contributed by atoms with van der Waals surface area (Å²) in [5.41, 5.74) is -0.424. The number of nitrogens with one attached hydrogen (secondary N) is 2. The number of urea groups is 1. The van der Waals surface area contributed by atoms with Crippen molar-refractivity contribution < 1.29 is 28.6 Å². The predicted octanol–water partition coefficient (Wildman–Crippen LogP) is 3.70. The van der Waals surface area contributed by atoms with Crippen LogP contribution in [0.5, 0.6) is 11.5 Å². The standard InChI is InChI=1S/C20H29ClN2O6/c1-7-8-9-28-16-14(21)10-13(11-15(16)27-6)18(25)29-12(2)17(24)22-19(26)23-20(3,4)5/h10-12H,7-9H2,1-6H3,(H2,22,23,24,26)/t12-/m0/s1. The van der Waals surface area contributed by atoms with E-state index in [2.05, 4.69) is 10.6 Å². The lowest BCUT2D eigenvalue weighted by Crippen LogP contribution is -2.50. The van der Waals surface area contributed by atoms with Gasteiger partial charge in [0.1, 0.15) is 0 Å².